The molecular formula is C25H35NO4. The SMILES string of the molecule is C=C1[C@H]2CC[C@@]3([C@H](O)C[C@@H]4[C@@]5(C)CCC[C@]4(C=N[C@@H]5CC(C)=O)[C@@H]3C2)[C@H]1OC(C)=O. The molecule has 5 aliphatic carbocycles. The van der Waals surface area contributed by atoms with E-state index in [1.54, 1.807) is 6.92 Å². The lowest BCUT2D eigenvalue weighted by Gasteiger charge is -2.72. The summed E-state index contributed by atoms with van der Waals surface area (Å²) in [5, 5.41) is 11.7. The minimum absolute atomic E-state index is 0.00897. The topological polar surface area (TPSA) is 76.0 Å². The number of ketones is 1. The molecule has 164 valence electrons. The molecule has 5 nitrogen and oxygen atoms in total. The Balaban J connectivity index is 1.63. The standard InChI is InChI=1S/C25H35NO4/c1-14(27)10-20-23(4)7-5-8-24(13-26-20)18(23)12-21(29)25-9-6-17(11-19(24)25)15(2)22(25)30-16(3)28/h13,17-22,29H,2,5-12H2,1,3-4H3/t17-,18+,19-,20+,21+,22-,23+,24+,25+/m0/s1. The van der Waals surface area contributed by atoms with E-state index in [0.29, 0.717) is 24.7 Å². The number of aliphatic imine (C=N–C) groups is 1. The van der Waals surface area contributed by atoms with Crippen LogP contribution in [-0.4, -0.2) is 41.3 Å². The van der Waals surface area contributed by atoms with Gasteiger partial charge < -0.3 is 9.84 Å². The Kier molecular flexibility index (Phi) is 4.43. The fourth-order valence-corrected chi connectivity index (χ4v) is 8.76. The number of carbonyl (C=O) groups is 2. The zero-order valence-electron chi connectivity index (χ0n) is 18.5. The summed E-state index contributed by atoms with van der Waals surface area (Å²) in [7, 11) is 0. The van der Waals surface area contributed by atoms with Crippen LogP contribution in [0.15, 0.2) is 17.1 Å². The molecule has 0 aromatic heterocycles. The van der Waals surface area contributed by atoms with Crippen molar-refractivity contribution in [2.75, 3.05) is 0 Å². The Morgan fingerprint density at radius 2 is 2.00 bits per heavy atom. The molecule has 6 aliphatic rings. The number of esters is 1. The monoisotopic (exact) mass is 413 g/mol. The highest BCUT2D eigenvalue weighted by atomic mass is 16.5. The molecule has 0 aromatic rings. The normalized spacial score (nSPS) is 51.1. The molecule has 0 amide bonds. The van der Waals surface area contributed by atoms with Crippen molar-refractivity contribution in [1.29, 1.82) is 0 Å². The quantitative estimate of drug-likeness (QED) is 0.563. The van der Waals surface area contributed by atoms with Gasteiger partial charge in [0, 0.05) is 30.4 Å². The summed E-state index contributed by atoms with van der Waals surface area (Å²) < 4.78 is 5.89. The van der Waals surface area contributed by atoms with Gasteiger partial charge in [-0.2, -0.15) is 0 Å². The first-order valence-corrected chi connectivity index (χ1v) is 11.7. The van der Waals surface area contributed by atoms with Crippen LogP contribution in [0.4, 0.5) is 0 Å². The van der Waals surface area contributed by atoms with Crippen molar-refractivity contribution < 1.29 is 19.4 Å². The van der Waals surface area contributed by atoms with Gasteiger partial charge in [0.2, 0.25) is 0 Å². The molecule has 9 atom stereocenters. The van der Waals surface area contributed by atoms with Crippen LogP contribution < -0.4 is 0 Å². The maximum Gasteiger partial charge on any atom is 0.303 e. The fraction of sp³-hybridized carbons (Fsp3) is 0.800. The summed E-state index contributed by atoms with van der Waals surface area (Å²) in [6.45, 7) is 9.76. The van der Waals surface area contributed by atoms with Gasteiger partial charge in [0.1, 0.15) is 11.9 Å². The number of rotatable bonds is 3. The van der Waals surface area contributed by atoms with Crippen LogP contribution in [-0.2, 0) is 14.3 Å². The summed E-state index contributed by atoms with van der Waals surface area (Å²) in [6, 6.07) is 0.00897. The van der Waals surface area contributed by atoms with Gasteiger partial charge in [-0.05, 0) is 74.2 Å². The summed E-state index contributed by atoms with van der Waals surface area (Å²) in [4.78, 5) is 29.0. The van der Waals surface area contributed by atoms with Crippen LogP contribution in [0, 0.1) is 34.0 Å². The molecule has 5 heteroatoms. The highest BCUT2D eigenvalue weighted by molar-refractivity contribution is 5.78. The predicted molar refractivity (Wildman–Crippen MR) is 114 cm³/mol. The van der Waals surface area contributed by atoms with Crippen molar-refractivity contribution in [2.24, 2.45) is 39.0 Å². The first-order chi connectivity index (χ1) is 14.1. The van der Waals surface area contributed by atoms with Crippen molar-refractivity contribution in [3.8, 4) is 0 Å². The smallest absolute Gasteiger partial charge is 0.303 e. The Morgan fingerprint density at radius 3 is 2.70 bits per heavy atom. The molecule has 5 fully saturated rings. The zero-order chi connectivity index (χ0) is 21.5. The second-order valence-electron chi connectivity index (χ2n) is 11.2. The van der Waals surface area contributed by atoms with Crippen LogP contribution in [0.3, 0.4) is 0 Å². The number of fused-ring (bicyclic) bond motifs is 2. The lowest BCUT2D eigenvalue weighted by molar-refractivity contribution is -0.245. The van der Waals surface area contributed by atoms with Gasteiger partial charge in [-0.15, -0.1) is 0 Å². The second-order valence-corrected chi connectivity index (χ2v) is 11.2. The Hall–Kier alpha value is -1.49. The van der Waals surface area contributed by atoms with Crippen molar-refractivity contribution in [2.45, 2.75) is 90.4 Å². The molecule has 4 bridgehead atoms. The molecule has 0 radical (unpaired) electrons. The lowest BCUT2D eigenvalue weighted by Crippen LogP contribution is -2.72. The van der Waals surface area contributed by atoms with Crippen molar-refractivity contribution in [1.82, 2.24) is 0 Å². The minimum atomic E-state index is -0.523. The highest BCUT2D eigenvalue weighted by Gasteiger charge is 2.73. The first-order valence-electron chi connectivity index (χ1n) is 11.7. The number of aliphatic hydroxyl groups is 1. The number of carbonyl (C=O) groups excluding carboxylic acids is 2. The Labute approximate surface area is 179 Å². The van der Waals surface area contributed by atoms with Gasteiger partial charge >= 0.3 is 5.97 Å². The van der Waals surface area contributed by atoms with Crippen molar-refractivity contribution in [3.05, 3.63) is 12.2 Å². The average Bonchev–Trinajstić information content (AvgIpc) is 2.67. The zero-order valence-corrected chi connectivity index (χ0v) is 18.5. The average molecular weight is 414 g/mol. The van der Waals surface area contributed by atoms with E-state index in [0.717, 1.165) is 44.1 Å². The number of Topliss-reactive ketones (excluding diaryl/α,β-unsaturated/α-hetero) is 1. The third-order valence-electron chi connectivity index (χ3n) is 9.96. The van der Waals surface area contributed by atoms with E-state index >= 15 is 0 Å². The van der Waals surface area contributed by atoms with Gasteiger partial charge in [-0.25, -0.2) is 0 Å². The number of hydrogen-bond acceptors (Lipinski definition) is 5. The van der Waals surface area contributed by atoms with Crippen LogP contribution in [0.25, 0.3) is 0 Å². The number of hydrogen-bond donors (Lipinski definition) is 1. The van der Waals surface area contributed by atoms with Gasteiger partial charge in [0.05, 0.1) is 12.1 Å². The van der Waals surface area contributed by atoms with Crippen LogP contribution in [0.2, 0.25) is 0 Å². The maximum absolute atomic E-state index is 12.0. The van der Waals surface area contributed by atoms with Gasteiger partial charge in [-0.1, -0.05) is 19.9 Å². The summed E-state index contributed by atoms with van der Waals surface area (Å²) in [5.41, 5.74) is 0.414. The predicted octanol–water partition coefficient (Wildman–Crippen LogP) is 3.88. The molecule has 1 spiro atoms. The molecule has 1 N–H and O–H groups in total. The molecule has 0 unspecified atom stereocenters. The first kappa shape index (κ1) is 20.4. The van der Waals surface area contributed by atoms with E-state index in [9.17, 15) is 14.7 Å². The molecule has 0 saturated heterocycles. The highest BCUT2D eigenvalue weighted by Crippen LogP contribution is 2.73. The van der Waals surface area contributed by atoms with Crippen molar-refractivity contribution >= 4 is 18.0 Å². The van der Waals surface area contributed by atoms with E-state index in [4.69, 9.17) is 9.73 Å². The molecule has 1 aliphatic heterocycles. The van der Waals surface area contributed by atoms with Crippen LogP contribution in [0.5, 0.6) is 0 Å². The van der Waals surface area contributed by atoms with E-state index in [2.05, 4.69) is 19.7 Å². The van der Waals surface area contributed by atoms with Gasteiger partial charge in [-0.3, -0.25) is 14.6 Å². The molecule has 0 aromatic carbocycles. The summed E-state index contributed by atoms with van der Waals surface area (Å²) in [6.07, 6.45) is 8.65. The van der Waals surface area contributed by atoms with Gasteiger partial charge in [0.15, 0.2) is 0 Å². The molecule has 1 heterocycles. The second kappa shape index (κ2) is 6.51. The molecular weight excluding hydrogens is 378 g/mol. The van der Waals surface area contributed by atoms with E-state index < -0.39 is 17.6 Å². The fourth-order valence-electron chi connectivity index (χ4n) is 8.76. The number of nitrogens with zero attached hydrogens (tertiary/aromatic N) is 1. The Morgan fingerprint density at radius 1 is 1.23 bits per heavy atom. The van der Waals surface area contributed by atoms with Crippen LogP contribution in [0.1, 0.15) is 72.1 Å². The number of ether oxygens (including phenoxy) is 1. The third kappa shape index (κ3) is 2.42. The minimum Gasteiger partial charge on any atom is -0.457 e. The lowest BCUT2D eigenvalue weighted by atomic mass is 9.34. The van der Waals surface area contributed by atoms with Crippen molar-refractivity contribution in [3.63, 3.8) is 0 Å². The van der Waals surface area contributed by atoms with Gasteiger partial charge in [0.25, 0.3) is 0 Å². The summed E-state index contributed by atoms with van der Waals surface area (Å²) in [5.74, 6) is 0.803. The number of aliphatic hydroxyl groups excluding tert-OH is 1. The molecule has 30 heavy (non-hydrogen) atoms. The van der Waals surface area contributed by atoms with E-state index in [1.807, 2.05) is 0 Å². The van der Waals surface area contributed by atoms with E-state index in [-0.39, 0.29) is 34.5 Å². The Bertz CT molecular complexity index is 835. The molecule has 5 saturated carbocycles. The maximum atomic E-state index is 12.0. The largest absolute Gasteiger partial charge is 0.457 e. The van der Waals surface area contributed by atoms with E-state index in [1.165, 1.54) is 6.92 Å². The van der Waals surface area contributed by atoms with Crippen LogP contribution >= 0.6 is 0 Å². The molecule has 6 rings (SSSR count). The third-order valence-corrected chi connectivity index (χ3v) is 9.96. The summed E-state index contributed by atoms with van der Waals surface area (Å²) >= 11 is 0.